The summed E-state index contributed by atoms with van der Waals surface area (Å²) in [6.07, 6.45) is 1.21. The lowest BCUT2D eigenvalue weighted by molar-refractivity contribution is 0.549. The highest BCUT2D eigenvalue weighted by Crippen LogP contribution is 2.30. The third-order valence-electron chi connectivity index (χ3n) is 2.63. The van der Waals surface area contributed by atoms with Crippen molar-refractivity contribution in [2.45, 2.75) is 19.4 Å². The Balaban J connectivity index is 2.16. The smallest absolute Gasteiger partial charge is 0.208 e. The van der Waals surface area contributed by atoms with Crippen LogP contribution in [0.4, 0.5) is 5.13 Å². The summed E-state index contributed by atoms with van der Waals surface area (Å²) < 4.78 is 0. The molecule has 5 heteroatoms. The fourth-order valence-corrected chi connectivity index (χ4v) is 2.89. The Hall–Kier alpha value is -0.350. The lowest BCUT2D eigenvalue weighted by atomic mass is 10.1. The van der Waals surface area contributed by atoms with Crippen molar-refractivity contribution in [3.8, 4) is 0 Å². The van der Waals surface area contributed by atoms with Crippen LogP contribution < -0.4 is 4.90 Å². The minimum atomic E-state index is 0.439. The van der Waals surface area contributed by atoms with E-state index in [-0.39, 0.29) is 0 Å². The summed E-state index contributed by atoms with van der Waals surface area (Å²) in [5, 5.41) is 8.92. The van der Waals surface area contributed by atoms with Gasteiger partial charge in [0.1, 0.15) is 5.51 Å². The van der Waals surface area contributed by atoms with Crippen LogP contribution >= 0.6 is 22.9 Å². The van der Waals surface area contributed by atoms with Crippen LogP contribution in [-0.2, 0) is 0 Å². The highest BCUT2D eigenvalue weighted by atomic mass is 35.5. The van der Waals surface area contributed by atoms with E-state index in [2.05, 4.69) is 22.0 Å². The van der Waals surface area contributed by atoms with Crippen LogP contribution in [0, 0.1) is 5.92 Å². The molecule has 0 saturated carbocycles. The molecule has 2 unspecified atom stereocenters. The average Bonchev–Trinajstić information content (AvgIpc) is 2.71. The lowest BCUT2D eigenvalue weighted by Crippen LogP contribution is -2.33. The normalized spacial score (nSPS) is 28.3. The molecule has 0 radical (unpaired) electrons. The van der Waals surface area contributed by atoms with Crippen molar-refractivity contribution < 1.29 is 0 Å². The van der Waals surface area contributed by atoms with Gasteiger partial charge in [0.15, 0.2) is 0 Å². The molecule has 0 aliphatic carbocycles. The highest BCUT2D eigenvalue weighted by molar-refractivity contribution is 7.13. The zero-order valence-corrected chi connectivity index (χ0v) is 9.05. The van der Waals surface area contributed by atoms with E-state index in [4.69, 9.17) is 11.6 Å². The van der Waals surface area contributed by atoms with Crippen LogP contribution in [0.25, 0.3) is 0 Å². The topological polar surface area (TPSA) is 29.0 Å². The molecule has 0 amide bonds. The molecule has 1 aliphatic rings. The van der Waals surface area contributed by atoms with Gasteiger partial charge in [-0.05, 0) is 12.3 Å². The number of hydrogen-bond acceptors (Lipinski definition) is 4. The predicted molar refractivity (Wildman–Crippen MR) is 55.5 cm³/mol. The van der Waals surface area contributed by atoms with Crippen molar-refractivity contribution >= 4 is 28.1 Å². The Morgan fingerprint density at radius 3 is 3.23 bits per heavy atom. The van der Waals surface area contributed by atoms with E-state index >= 15 is 0 Å². The van der Waals surface area contributed by atoms with Gasteiger partial charge in [-0.2, -0.15) is 0 Å². The molecule has 13 heavy (non-hydrogen) atoms. The first-order valence-corrected chi connectivity index (χ1v) is 5.83. The monoisotopic (exact) mass is 217 g/mol. The van der Waals surface area contributed by atoms with Crippen molar-refractivity contribution in [2.24, 2.45) is 5.92 Å². The fraction of sp³-hybridized carbons (Fsp3) is 0.750. The van der Waals surface area contributed by atoms with Gasteiger partial charge in [-0.25, -0.2) is 0 Å². The first kappa shape index (κ1) is 9.21. The molecule has 3 nitrogen and oxygen atoms in total. The first-order chi connectivity index (χ1) is 6.33. The Morgan fingerprint density at radius 1 is 1.77 bits per heavy atom. The second kappa shape index (κ2) is 3.80. The second-order valence-corrected chi connectivity index (χ2v) is 4.52. The van der Waals surface area contributed by atoms with E-state index in [0.29, 0.717) is 17.8 Å². The van der Waals surface area contributed by atoms with Gasteiger partial charge in [0, 0.05) is 18.5 Å². The van der Waals surface area contributed by atoms with Gasteiger partial charge in [-0.3, -0.25) is 0 Å². The number of anilines is 1. The number of hydrogen-bond donors (Lipinski definition) is 0. The molecular weight excluding hydrogens is 206 g/mol. The molecule has 72 valence electrons. The highest BCUT2D eigenvalue weighted by Gasteiger charge is 2.31. The molecule has 1 aromatic rings. The molecule has 2 heterocycles. The zero-order valence-electron chi connectivity index (χ0n) is 7.48. The Morgan fingerprint density at radius 2 is 2.62 bits per heavy atom. The molecule has 2 atom stereocenters. The minimum Gasteiger partial charge on any atom is -0.342 e. The first-order valence-electron chi connectivity index (χ1n) is 4.41. The van der Waals surface area contributed by atoms with Gasteiger partial charge < -0.3 is 4.90 Å². The minimum absolute atomic E-state index is 0.439. The van der Waals surface area contributed by atoms with Crippen molar-refractivity contribution in [3.05, 3.63) is 5.51 Å². The average molecular weight is 218 g/mol. The third-order valence-corrected chi connectivity index (χ3v) is 3.68. The Kier molecular flexibility index (Phi) is 2.69. The number of alkyl halides is 1. The third kappa shape index (κ3) is 1.65. The second-order valence-electron chi connectivity index (χ2n) is 3.40. The molecule has 2 rings (SSSR count). The summed E-state index contributed by atoms with van der Waals surface area (Å²) in [6.45, 7) is 3.31. The molecule has 1 fully saturated rings. The van der Waals surface area contributed by atoms with Gasteiger partial charge in [-0.1, -0.05) is 18.3 Å². The molecule has 1 saturated heterocycles. The quantitative estimate of drug-likeness (QED) is 0.710. The molecule has 1 aromatic heterocycles. The predicted octanol–water partition coefficient (Wildman–Crippen LogP) is 1.99. The van der Waals surface area contributed by atoms with Crippen molar-refractivity contribution in [1.29, 1.82) is 0 Å². The summed E-state index contributed by atoms with van der Waals surface area (Å²) in [7, 11) is 0. The Bertz CT molecular complexity index is 264. The number of nitrogens with zero attached hydrogens (tertiary/aromatic N) is 3. The van der Waals surface area contributed by atoms with E-state index < -0.39 is 0 Å². The molecule has 0 spiro atoms. The molecule has 1 aliphatic heterocycles. The summed E-state index contributed by atoms with van der Waals surface area (Å²) in [5.74, 6) is 1.35. The molecule has 0 bridgehead atoms. The fourth-order valence-electron chi connectivity index (χ4n) is 1.77. The van der Waals surface area contributed by atoms with Crippen molar-refractivity contribution in [2.75, 3.05) is 17.3 Å². The summed E-state index contributed by atoms with van der Waals surface area (Å²) >= 11 is 7.52. The van der Waals surface area contributed by atoms with E-state index in [1.54, 1.807) is 16.8 Å². The lowest BCUT2D eigenvalue weighted by Gasteiger charge is -2.23. The maximum Gasteiger partial charge on any atom is 0.208 e. The molecule has 0 aromatic carbocycles. The van der Waals surface area contributed by atoms with Crippen LogP contribution in [0.15, 0.2) is 5.51 Å². The number of halogens is 1. The Labute approximate surface area is 86.7 Å². The van der Waals surface area contributed by atoms with Gasteiger partial charge in [0.2, 0.25) is 5.13 Å². The van der Waals surface area contributed by atoms with Gasteiger partial charge in [0.25, 0.3) is 0 Å². The maximum atomic E-state index is 5.93. The van der Waals surface area contributed by atoms with Crippen LogP contribution in [0.1, 0.15) is 13.3 Å². The van der Waals surface area contributed by atoms with Crippen LogP contribution in [0.5, 0.6) is 0 Å². The van der Waals surface area contributed by atoms with Gasteiger partial charge in [0.05, 0.1) is 0 Å². The van der Waals surface area contributed by atoms with Gasteiger partial charge >= 0.3 is 0 Å². The molecular formula is C8H12ClN3S. The van der Waals surface area contributed by atoms with Crippen LogP contribution in [0.2, 0.25) is 0 Å². The van der Waals surface area contributed by atoms with Crippen molar-refractivity contribution in [3.63, 3.8) is 0 Å². The van der Waals surface area contributed by atoms with E-state index in [0.717, 1.165) is 11.7 Å². The summed E-state index contributed by atoms with van der Waals surface area (Å²) in [4.78, 5) is 2.27. The zero-order chi connectivity index (χ0) is 9.26. The summed E-state index contributed by atoms with van der Waals surface area (Å²) in [6, 6.07) is 0.439. The number of rotatable bonds is 2. The van der Waals surface area contributed by atoms with Crippen molar-refractivity contribution in [1.82, 2.24) is 10.2 Å². The van der Waals surface area contributed by atoms with E-state index in [9.17, 15) is 0 Å². The SMILES string of the molecule is CC1CCN(c2nncs2)C1CCl. The largest absolute Gasteiger partial charge is 0.342 e. The van der Waals surface area contributed by atoms with E-state index in [1.165, 1.54) is 6.42 Å². The van der Waals surface area contributed by atoms with Crippen LogP contribution in [0.3, 0.4) is 0 Å². The summed E-state index contributed by atoms with van der Waals surface area (Å²) in [5.41, 5.74) is 1.77. The number of aromatic nitrogens is 2. The van der Waals surface area contributed by atoms with Crippen LogP contribution in [-0.4, -0.2) is 28.7 Å². The van der Waals surface area contributed by atoms with Gasteiger partial charge in [-0.15, -0.1) is 21.8 Å². The molecule has 0 N–H and O–H groups in total. The van der Waals surface area contributed by atoms with E-state index in [1.807, 2.05) is 0 Å². The standard InChI is InChI=1S/C8H12ClN3S/c1-6-2-3-12(7(6)4-9)8-11-10-5-13-8/h5-7H,2-4H2,1H3. The maximum absolute atomic E-state index is 5.93.